The van der Waals surface area contributed by atoms with E-state index < -0.39 is 0 Å². The highest BCUT2D eigenvalue weighted by Gasteiger charge is 1.95. The predicted octanol–water partition coefficient (Wildman–Crippen LogP) is 3.51. The Labute approximate surface area is 79.7 Å². The summed E-state index contributed by atoms with van der Waals surface area (Å²) in [4.78, 5) is 0. The molecule has 1 aromatic carbocycles. The summed E-state index contributed by atoms with van der Waals surface area (Å²) in [6, 6.07) is 6.17. The third-order valence-corrected chi connectivity index (χ3v) is 2.96. The molecule has 0 unspecified atom stereocenters. The van der Waals surface area contributed by atoms with Crippen LogP contribution in [0.15, 0.2) is 18.2 Å². The maximum absolute atomic E-state index is 5.89. The largest absolute Gasteiger partial charge is 0.0832 e. The van der Waals surface area contributed by atoms with Crippen LogP contribution in [0.3, 0.4) is 0 Å². The number of rotatable bonds is 1. The molecule has 0 aliphatic heterocycles. The maximum Gasteiger partial charge on any atom is 0.0542 e. The van der Waals surface area contributed by atoms with E-state index in [-0.39, 0.29) is 0 Å². The maximum atomic E-state index is 5.89. The third kappa shape index (κ3) is 1.86. The highest BCUT2D eigenvalue weighted by atomic mass is 127. The molecule has 10 heavy (non-hydrogen) atoms. The molecule has 0 saturated carbocycles. The van der Waals surface area contributed by atoms with Gasteiger partial charge < -0.3 is 0 Å². The number of hydrogen-bond donors (Lipinski definition) is 0. The predicted molar refractivity (Wildman–Crippen MR) is 53.5 cm³/mol. The van der Waals surface area contributed by atoms with Crippen LogP contribution < -0.4 is 0 Å². The van der Waals surface area contributed by atoms with Gasteiger partial charge in [0.2, 0.25) is 0 Å². The molecule has 0 radical (unpaired) electrons. The van der Waals surface area contributed by atoms with Gasteiger partial charge in [-0.2, -0.15) is 0 Å². The zero-order valence-electron chi connectivity index (χ0n) is 5.70. The van der Waals surface area contributed by atoms with Crippen LogP contribution in [0.5, 0.6) is 0 Å². The van der Waals surface area contributed by atoms with Gasteiger partial charge in [0.1, 0.15) is 0 Å². The summed E-state index contributed by atoms with van der Waals surface area (Å²) in [5.74, 6) is 0. The normalized spacial score (nSPS) is 9.90. The molecule has 0 amide bonds. The number of hydrogen-bond acceptors (Lipinski definition) is 0. The third-order valence-electron chi connectivity index (χ3n) is 1.39. The highest BCUT2D eigenvalue weighted by Crippen LogP contribution is 2.19. The van der Waals surface area contributed by atoms with Gasteiger partial charge in [0.05, 0.1) is 5.02 Å². The van der Waals surface area contributed by atoms with E-state index in [1.54, 1.807) is 0 Å². The van der Waals surface area contributed by atoms with Crippen LogP contribution in [0.4, 0.5) is 0 Å². The molecule has 0 heterocycles. The first-order chi connectivity index (χ1) is 4.74. The van der Waals surface area contributed by atoms with Crippen LogP contribution in [-0.4, -0.2) is 0 Å². The van der Waals surface area contributed by atoms with Gasteiger partial charge in [-0.25, -0.2) is 0 Å². The van der Waals surface area contributed by atoms with E-state index in [0.717, 1.165) is 15.0 Å². The van der Waals surface area contributed by atoms with E-state index in [4.69, 9.17) is 11.6 Å². The van der Waals surface area contributed by atoms with Gasteiger partial charge in [-0.15, -0.1) is 0 Å². The van der Waals surface area contributed by atoms with Crippen molar-refractivity contribution >= 4 is 34.2 Å². The van der Waals surface area contributed by atoms with Gasteiger partial charge in [-0.05, 0) is 46.7 Å². The van der Waals surface area contributed by atoms with Crippen molar-refractivity contribution in [2.24, 2.45) is 0 Å². The minimum Gasteiger partial charge on any atom is -0.0832 e. The lowest BCUT2D eigenvalue weighted by Crippen LogP contribution is -1.80. The van der Waals surface area contributed by atoms with Crippen molar-refractivity contribution < 1.29 is 0 Å². The zero-order valence-corrected chi connectivity index (χ0v) is 8.61. The van der Waals surface area contributed by atoms with E-state index in [1.807, 2.05) is 12.1 Å². The second-order valence-corrected chi connectivity index (χ2v) is 3.67. The summed E-state index contributed by atoms with van der Waals surface area (Å²) in [5.41, 5.74) is 1.30. The monoisotopic (exact) mass is 266 g/mol. The van der Waals surface area contributed by atoms with Gasteiger partial charge in [0.15, 0.2) is 0 Å². The Morgan fingerprint density at radius 3 is 2.70 bits per heavy atom. The fourth-order valence-corrected chi connectivity index (χ4v) is 1.30. The molecule has 0 aliphatic carbocycles. The first-order valence-electron chi connectivity index (χ1n) is 3.18. The number of benzene rings is 1. The highest BCUT2D eigenvalue weighted by molar-refractivity contribution is 14.1. The molecular formula is C8H8ClI. The van der Waals surface area contributed by atoms with E-state index in [9.17, 15) is 0 Å². The number of halogens is 2. The van der Waals surface area contributed by atoms with E-state index in [1.165, 1.54) is 5.56 Å². The van der Waals surface area contributed by atoms with Gasteiger partial charge >= 0.3 is 0 Å². The Hall–Kier alpha value is 0.240. The lowest BCUT2D eigenvalue weighted by Gasteiger charge is -1.98. The molecule has 0 spiro atoms. The van der Waals surface area contributed by atoms with Crippen LogP contribution in [0.2, 0.25) is 5.02 Å². The summed E-state index contributed by atoms with van der Waals surface area (Å²) in [6.07, 6.45) is 1.05. The Bertz CT molecular complexity index is 233. The van der Waals surface area contributed by atoms with Crippen LogP contribution in [0, 0.1) is 3.57 Å². The van der Waals surface area contributed by atoms with Crippen molar-refractivity contribution in [1.82, 2.24) is 0 Å². The fraction of sp³-hybridized carbons (Fsp3) is 0.250. The smallest absolute Gasteiger partial charge is 0.0542 e. The Morgan fingerprint density at radius 1 is 1.50 bits per heavy atom. The number of aryl methyl sites for hydroxylation is 1. The second-order valence-electron chi connectivity index (χ2n) is 2.10. The van der Waals surface area contributed by atoms with E-state index in [2.05, 4.69) is 35.6 Å². The van der Waals surface area contributed by atoms with Crippen molar-refractivity contribution in [2.75, 3.05) is 0 Å². The summed E-state index contributed by atoms with van der Waals surface area (Å²) in [7, 11) is 0. The van der Waals surface area contributed by atoms with Crippen molar-refractivity contribution in [3.63, 3.8) is 0 Å². The second kappa shape index (κ2) is 3.58. The zero-order chi connectivity index (χ0) is 7.56. The van der Waals surface area contributed by atoms with Gasteiger partial charge in [-0.3, -0.25) is 0 Å². The summed E-state index contributed by atoms with van der Waals surface area (Å²) in [5, 5.41) is 0.861. The average molecular weight is 267 g/mol. The molecule has 0 fully saturated rings. The van der Waals surface area contributed by atoms with Crippen LogP contribution in [-0.2, 0) is 6.42 Å². The molecule has 0 aromatic heterocycles. The van der Waals surface area contributed by atoms with Gasteiger partial charge in [0.25, 0.3) is 0 Å². The molecule has 1 rings (SSSR count). The Kier molecular flexibility index (Phi) is 2.98. The molecule has 54 valence electrons. The molecule has 0 bridgehead atoms. The molecule has 0 nitrogen and oxygen atoms in total. The topological polar surface area (TPSA) is 0 Å². The molecule has 0 saturated heterocycles. The molecule has 0 aliphatic rings. The van der Waals surface area contributed by atoms with Crippen molar-refractivity contribution in [3.8, 4) is 0 Å². The summed E-state index contributed by atoms with van der Waals surface area (Å²) < 4.78 is 1.12. The first kappa shape index (κ1) is 8.34. The van der Waals surface area contributed by atoms with E-state index in [0.29, 0.717) is 0 Å². The van der Waals surface area contributed by atoms with Crippen molar-refractivity contribution in [2.45, 2.75) is 13.3 Å². The van der Waals surface area contributed by atoms with Gasteiger partial charge in [-0.1, -0.05) is 24.6 Å². The minimum atomic E-state index is 0.861. The van der Waals surface area contributed by atoms with Crippen LogP contribution >= 0.6 is 34.2 Å². The Morgan fingerprint density at radius 2 is 2.20 bits per heavy atom. The summed E-state index contributed by atoms with van der Waals surface area (Å²) in [6.45, 7) is 2.12. The van der Waals surface area contributed by atoms with Crippen molar-refractivity contribution in [3.05, 3.63) is 32.4 Å². The lowest BCUT2D eigenvalue weighted by atomic mass is 10.2. The summed E-state index contributed by atoms with van der Waals surface area (Å²) >= 11 is 8.11. The lowest BCUT2D eigenvalue weighted by molar-refractivity contribution is 1.14. The molecule has 0 atom stereocenters. The van der Waals surface area contributed by atoms with Crippen molar-refractivity contribution in [1.29, 1.82) is 0 Å². The first-order valence-corrected chi connectivity index (χ1v) is 4.63. The standard InChI is InChI=1S/C8H8ClI/c1-2-6-3-4-8(10)7(9)5-6/h3-5H,2H2,1H3. The molecule has 1 aromatic rings. The molecule has 2 heteroatoms. The average Bonchev–Trinajstić information content (AvgIpc) is 1.95. The van der Waals surface area contributed by atoms with Crippen LogP contribution in [0.25, 0.3) is 0 Å². The molecule has 0 N–H and O–H groups in total. The quantitative estimate of drug-likeness (QED) is 0.683. The Balaban J connectivity index is 3.04. The molecular weight excluding hydrogens is 258 g/mol. The van der Waals surface area contributed by atoms with Gasteiger partial charge in [0, 0.05) is 3.57 Å². The SMILES string of the molecule is CCc1ccc(I)c(Cl)c1. The fourth-order valence-electron chi connectivity index (χ4n) is 0.760. The van der Waals surface area contributed by atoms with E-state index >= 15 is 0 Å². The van der Waals surface area contributed by atoms with Crippen LogP contribution in [0.1, 0.15) is 12.5 Å². The minimum absolute atomic E-state index is 0.861.